The number of rotatable bonds is 2. The van der Waals surface area contributed by atoms with Crippen molar-refractivity contribution in [3.05, 3.63) is 64.7 Å². The van der Waals surface area contributed by atoms with Gasteiger partial charge in [-0.15, -0.1) is 0 Å². The number of hydrogen-bond donors (Lipinski definition) is 2. The Morgan fingerprint density at radius 1 is 1.27 bits per heavy atom. The number of urea groups is 1. The van der Waals surface area contributed by atoms with Crippen molar-refractivity contribution in [2.24, 2.45) is 0 Å². The van der Waals surface area contributed by atoms with Crippen molar-refractivity contribution < 1.29 is 9.90 Å². The van der Waals surface area contributed by atoms with Crippen LogP contribution in [0.4, 0.5) is 10.5 Å². The molecule has 1 heterocycles. The second-order valence-corrected chi connectivity index (χ2v) is 5.72. The first-order valence-electron chi connectivity index (χ1n) is 7.21. The number of anilines is 1. The molecule has 0 aromatic heterocycles. The average molecular weight is 317 g/mol. The minimum absolute atomic E-state index is 0.0972. The summed E-state index contributed by atoms with van der Waals surface area (Å²) in [7, 11) is 0. The topological polar surface area (TPSA) is 52.6 Å². The van der Waals surface area contributed by atoms with E-state index in [1.165, 1.54) is 5.56 Å². The van der Waals surface area contributed by atoms with Gasteiger partial charge in [0.05, 0.1) is 12.6 Å². The second-order valence-electron chi connectivity index (χ2n) is 5.28. The maximum absolute atomic E-state index is 12.5. The third-order valence-corrected chi connectivity index (χ3v) is 4.16. The predicted octanol–water partition coefficient (Wildman–Crippen LogP) is 3.46. The van der Waals surface area contributed by atoms with Crippen LogP contribution in [0.15, 0.2) is 48.5 Å². The van der Waals surface area contributed by atoms with E-state index in [0.29, 0.717) is 17.3 Å². The van der Waals surface area contributed by atoms with Crippen LogP contribution in [-0.2, 0) is 6.42 Å². The van der Waals surface area contributed by atoms with Gasteiger partial charge in [-0.2, -0.15) is 0 Å². The lowest BCUT2D eigenvalue weighted by atomic mass is 9.93. The van der Waals surface area contributed by atoms with E-state index in [-0.39, 0.29) is 18.7 Å². The maximum Gasteiger partial charge on any atom is 0.322 e. The van der Waals surface area contributed by atoms with Gasteiger partial charge < -0.3 is 15.3 Å². The molecule has 3 rings (SSSR count). The smallest absolute Gasteiger partial charge is 0.322 e. The number of aliphatic hydroxyl groups excluding tert-OH is 1. The Morgan fingerprint density at radius 2 is 2.09 bits per heavy atom. The van der Waals surface area contributed by atoms with E-state index in [9.17, 15) is 9.90 Å². The van der Waals surface area contributed by atoms with Crippen molar-refractivity contribution in [3.63, 3.8) is 0 Å². The summed E-state index contributed by atoms with van der Waals surface area (Å²) < 4.78 is 0. The van der Waals surface area contributed by atoms with Gasteiger partial charge >= 0.3 is 6.03 Å². The fourth-order valence-electron chi connectivity index (χ4n) is 2.85. The van der Waals surface area contributed by atoms with Crippen LogP contribution in [0, 0.1) is 0 Å². The molecular formula is C17H17ClN2O2. The molecule has 1 unspecified atom stereocenters. The molecule has 2 aromatic carbocycles. The van der Waals surface area contributed by atoms with Crippen LogP contribution in [0.1, 0.15) is 17.2 Å². The lowest BCUT2D eigenvalue weighted by Crippen LogP contribution is -2.43. The Labute approximate surface area is 134 Å². The molecule has 5 heteroatoms. The van der Waals surface area contributed by atoms with Crippen LogP contribution in [0.2, 0.25) is 5.02 Å². The van der Waals surface area contributed by atoms with Gasteiger partial charge in [-0.25, -0.2) is 4.79 Å². The highest BCUT2D eigenvalue weighted by atomic mass is 35.5. The van der Waals surface area contributed by atoms with Gasteiger partial charge in [0.15, 0.2) is 0 Å². The van der Waals surface area contributed by atoms with Crippen LogP contribution in [0.5, 0.6) is 0 Å². The molecule has 0 radical (unpaired) electrons. The van der Waals surface area contributed by atoms with Crippen LogP contribution in [-0.4, -0.2) is 29.2 Å². The van der Waals surface area contributed by atoms with E-state index in [4.69, 9.17) is 11.6 Å². The Balaban J connectivity index is 1.81. The van der Waals surface area contributed by atoms with Gasteiger partial charge in [0.2, 0.25) is 0 Å². The molecule has 0 fully saturated rings. The van der Waals surface area contributed by atoms with Gasteiger partial charge in [0, 0.05) is 17.3 Å². The molecule has 0 bridgehead atoms. The van der Waals surface area contributed by atoms with E-state index < -0.39 is 0 Å². The summed E-state index contributed by atoms with van der Waals surface area (Å²) in [6, 6.07) is 14.4. The summed E-state index contributed by atoms with van der Waals surface area (Å²) in [5.41, 5.74) is 2.85. The van der Waals surface area contributed by atoms with Crippen LogP contribution >= 0.6 is 11.6 Å². The van der Waals surface area contributed by atoms with Gasteiger partial charge in [0.25, 0.3) is 0 Å². The molecule has 0 saturated heterocycles. The van der Waals surface area contributed by atoms with E-state index in [0.717, 1.165) is 12.0 Å². The lowest BCUT2D eigenvalue weighted by Gasteiger charge is -2.36. The lowest BCUT2D eigenvalue weighted by molar-refractivity contribution is 0.135. The van der Waals surface area contributed by atoms with Crippen LogP contribution in [0.3, 0.4) is 0 Å². The number of carbonyl (C=O) groups is 1. The first-order chi connectivity index (χ1) is 10.7. The van der Waals surface area contributed by atoms with Gasteiger partial charge in [-0.1, -0.05) is 41.9 Å². The molecule has 1 aliphatic heterocycles. The molecule has 2 N–H and O–H groups in total. The molecule has 114 valence electrons. The molecular weight excluding hydrogens is 300 g/mol. The first-order valence-corrected chi connectivity index (χ1v) is 7.58. The number of nitrogens with one attached hydrogen (secondary N) is 1. The highest BCUT2D eigenvalue weighted by molar-refractivity contribution is 6.30. The van der Waals surface area contributed by atoms with Crippen LogP contribution in [0.25, 0.3) is 0 Å². The molecule has 0 saturated carbocycles. The predicted molar refractivity (Wildman–Crippen MR) is 87.1 cm³/mol. The molecule has 2 aromatic rings. The monoisotopic (exact) mass is 316 g/mol. The zero-order valence-electron chi connectivity index (χ0n) is 12.0. The molecule has 2 amide bonds. The van der Waals surface area contributed by atoms with Crippen molar-refractivity contribution in [3.8, 4) is 0 Å². The van der Waals surface area contributed by atoms with E-state index in [1.807, 2.05) is 24.3 Å². The largest absolute Gasteiger partial charge is 0.394 e. The molecule has 1 atom stereocenters. The normalized spacial score (nSPS) is 17.0. The Hall–Kier alpha value is -2.04. The molecule has 4 nitrogen and oxygen atoms in total. The molecule has 0 spiro atoms. The number of hydrogen-bond acceptors (Lipinski definition) is 2. The fourth-order valence-corrected chi connectivity index (χ4v) is 3.04. The SMILES string of the molecule is O=C(Nc1cccc(Cl)c1)N1CCc2ccccc2C1CO. The highest BCUT2D eigenvalue weighted by Crippen LogP contribution is 2.29. The number of benzene rings is 2. The van der Waals surface area contributed by atoms with Crippen molar-refractivity contribution in [1.29, 1.82) is 0 Å². The first kappa shape index (κ1) is 14.9. The number of halogens is 1. The van der Waals surface area contributed by atoms with E-state index in [1.54, 1.807) is 29.2 Å². The second kappa shape index (κ2) is 6.38. The standard InChI is InChI=1S/C17H17ClN2O2/c18-13-5-3-6-14(10-13)19-17(22)20-9-8-12-4-1-2-7-15(12)16(20)11-21/h1-7,10,16,21H,8-9,11H2,(H,19,22). The number of fused-ring (bicyclic) bond motifs is 1. The Kier molecular flexibility index (Phi) is 4.32. The number of carbonyl (C=O) groups excluding carboxylic acids is 1. The summed E-state index contributed by atoms with van der Waals surface area (Å²) in [4.78, 5) is 14.2. The highest BCUT2D eigenvalue weighted by Gasteiger charge is 2.30. The number of nitrogens with zero attached hydrogens (tertiary/aromatic N) is 1. The maximum atomic E-state index is 12.5. The third-order valence-electron chi connectivity index (χ3n) is 3.92. The van der Waals surface area contributed by atoms with Gasteiger partial charge in [0.1, 0.15) is 0 Å². The summed E-state index contributed by atoms with van der Waals surface area (Å²) >= 11 is 5.93. The quantitative estimate of drug-likeness (QED) is 0.891. The molecule has 22 heavy (non-hydrogen) atoms. The zero-order chi connectivity index (χ0) is 15.5. The Bertz CT molecular complexity index is 690. The van der Waals surface area contributed by atoms with Crippen molar-refractivity contribution >= 4 is 23.3 Å². The average Bonchev–Trinajstić information content (AvgIpc) is 2.53. The third kappa shape index (κ3) is 2.93. The van der Waals surface area contributed by atoms with Gasteiger partial charge in [-0.3, -0.25) is 0 Å². The Morgan fingerprint density at radius 3 is 2.86 bits per heavy atom. The van der Waals surface area contributed by atoms with E-state index >= 15 is 0 Å². The van der Waals surface area contributed by atoms with Crippen molar-refractivity contribution in [2.75, 3.05) is 18.5 Å². The minimum Gasteiger partial charge on any atom is -0.394 e. The van der Waals surface area contributed by atoms with Crippen molar-refractivity contribution in [1.82, 2.24) is 4.90 Å². The van der Waals surface area contributed by atoms with E-state index in [2.05, 4.69) is 5.32 Å². The molecule has 1 aliphatic rings. The minimum atomic E-state index is -0.316. The van der Waals surface area contributed by atoms with Crippen LogP contribution < -0.4 is 5.32 Å². The molecule has 0 aliphatic carbocycles. The summed E-state index contributed by atoms with van der Waals surface area (Å²) in [5.74, 6) is 0. The number of aliphatic hydroxyl groups is 1. The zero-order valence-corrected chi connectivity index (χ0v) is 12.8. The van der Waals surface area contributed by atoms with Crippen molar-refractivity contribution in [2.45, 2.75) is 12.5 Å². The summed E-state index contributed by atoms with van der Waals surface area (Å²) in [6.45, 7) is 0.481. The number of amides is 2. The fraction of sp³-hybridized carbons (Fsp3) is 0.235. The summed E-state index contributed by atoms with van der Waals surface area (Å²) in [5, 5.41) is 13.1. The summed E-state index contributed by atoms with van der Waals surface area (Å²) in [6.07, 6.45) is 0.787. The van der Waals surface area contributed by atoms with Gasteiger partial charge in [-0.05, 0) is 35.7 Å².